The summed E-state index contributed by atoms with van der Waals surface area (Å²) in [6.45, 7) is 3.66. The predicted octanol–water partition coefficient (Wildman–Crippen LogP) is 1.36. The highest BCUT2D eigenvalue weighted by Gasteiger charge is 2.20. The van der Waals surface area contributed by atoms with Gasteiger partial charge in [-0.3, -0.25) is 4.79 Å². The van der Waals surface area contributed by atoms with Gasteiger partial charge in [-0.15, -0.1) is 0 Å². The highest BCUT2D eigenvalue weighted by Crippen LogP contribution is 2.16. The Bertz CT molecular complexity index is 814. The second-order valence-corrected chi connectivity index (χ2v) is 6.71. The molecular formula is C15H17N3O4S. The molecule has 0 fully saturated rings. The lowest BCUT2D eigenvalue weighted by molar-refractivity contribution is 0.0975. The van der Waals surface area contributed by atoms with Crippen LogP contribution in [-0.4, -0.2) is 31.4 Å². The predicted molar refractivity (Wildman–Crippen MR) is 84.6 cm³/mol. The molecule has 0 spiro atoms. The normalized spacial score (nSPS) is 11.1. The number of nitrogens with one attached hydrogen (secondary N) is 1. The van der Waals surface area contributed by atoms with Crippen molar-refractivity contribution < 1.29 is 17.9 Å². The third kappa shape index (κ3) is 4.26. The van der Waals surface area contributed by atoms with E-state index in [0.29, 0.717) is 5.56 Å². The van der Waals surface area contributed by atoms with Crippen LogP contribution in [0.3, 0.4) is 0 Å². The van der Waals surface area contributed by atoms with Crippen molar-refractivity contribution in [1.82, 2.24) is 14.7 Å². The topological polar surface area (TPSA) is 98.2 Å². The standard InChI is InChI=1S/C15H17N3O4S/c1-10-5-4-6-11(2)12(10)9-23(20,21)18-14(19)13-7-8-16-15(17-13)22-3/h4-8H,9H2,1-3H3,(H,18,19). The van der Waals surface area contributed by atoms with Crippen LogP contribution in [0.5, 0.6) is 6.01 Å². The smallest absolute Gasteiger partial charge is 0.316 e. The summed E-state index contributed by atoms with van der Waals surface area (Å²) in [6, 6.07) is 6.81. The molecule has 1 amide bonds. The fourth-order valence-corrected chi connectivity index (χ4v) is 3.36. The number of nitrogens with zero attached hydrogens (tertiary/aromatic N) is 2. The van der Waals surface area contributed by atoms with Crippen molar-refractivity contribution in [1.29, 1.82) is 0 Å². The minimum absolute atomic E-state index is 0.00945. The number of sulfonamides is 1. The van der Waals surface area contributed by atoms with Gasteiger partial charge in [0.25, 0.3) is 5.91 Å². The molecule has 122 valence electrons. The Morgan fingerprint density at radius 3 is 2.48 bits per heavy atom. The lowest BCUT2D eigenvalue weighted by Gasteiger charge is -2.11. The third-order valence-corrected chi connectivity index (χ3v) is 4.44. The Balaban J connectivity index is 2.19. The molecule has 1 aromatic heterocycles. The van der Waals surface area contributed by atoms with Gasteiger partial charge in [0.15, 0.2) is 0 Å². The molecular weight excluding hydrogens is 318 g/mol. The van der Waals surface area contributed by atoms with E-state index in [4.69, 9.17) is 4.74 Å². The Labute approximate surface area is 134 Å². The summed E-state index contributed by atoms with van der Waals surface area (Å²) in [5, 5.41) is 0. The number of aryl methyl sites for hydroxylation is 2. The molecule has 0 aliphatic carbocycles. The number of amides is 1. The number of aromatic nitrogens is 2. The molecule has 7 nitrogen and oxygen atoms in total. The molecule has 2 rings (SSSR count). The minimum atomic E-state index is -3.85. The number of carbonyl (C=O) groups is 1. The first kappa shape index (κ1) is 16.9. The summed E-state index contributed by atoms with van der Waals surface area (Å²) < 4.78 is 31.3. The van der Waals surface area contributed by atoms with Gasteiger partial charge in [-0.25, -0.2) is 18.1 Å². The summed E-state index contributed by atoms with van der Waals surface area (Å²) >= 11 is 0. The number of rotatable bonds is 5. The van der Waals surface area contributed by atoms with Crippen molar-refractivity contribution in [2.75, 3.05) is 7.11 Å². The van der Waals surface area contributed by atoms with E-state index in [1.54, 1.807) is 0 Å². The van der Waals surface area contributed by atoms with Gasteiger partial charge in [-0.2, -0.15) is 4.98 Å². The minimum Gasteiger partial charge on any atom is -0.467 e. The second-order valence-electron chi connectivity index (χ2n) is 4.99. The van der Waals surface area contributed by atoms with E-state index in [9.17, 15) is 13.2 Å². The first-order valence-corrected chi connectivity index (χ1v) is 8.44. The van der Waals surface area contributed by atoms with E-state index in [2.05, 4.69) is 9.97 Å². The molecule has 1 N–H and O–H groups in total. The van der Waals surface area contributed by atoms with Crippen LogP contribution in [0, 0.1) is 13.8 Å². The van der Waals surface area contributed by atoms with Gasteiger partial charge in [-0.05, 0) is 36.6 Å². The van der Waals surface area contributed by atoms with E-state index < -0.39 is 15.9 Å². The Hall–Kier alpha value is -2.48. The van der Waals surface area contributed by atoms with Gasteiger partial charge in [0.2, 0.25) is 10.0 Å². The second kappa shape index (κ2) is 6.74. The first-order chi connectivity index (χ1) is 10.8. The molecule has 1 heterocycles. The van der Waals surface area contributed by atoms with Gasteiger partial charge in [0.1, 0.15) is 5.69 Å². The maximum absolute atomic E-state index is 12.2. The van der Waals surface area contributed by atoms with Gasteiger partial charge < -0.3 is 4.74 Å². The third-order valence-electron chi connectivity index (χ3n) is 3.28. The molecule has 0 aliphatic heterocycles. The molecule has 23 heavy (non-hydrogen) atoms. The number of hydrogen-bond donors (Lipinski definition) is 1. The van der Waals surface area contributed by atoms with Crippen molar-refractivity contribution in [3.63, 3.8) is 0 Å². The van der Waals surface area contributed by atoms with E-state index in [-0.39, 0.29) is 17.5 Å². The zero-order chi connectivity index (χ0) is 17.0. The fourth-order valence-electron chi connectivity index (χ4n) is 2.06. The maximum Gasteiger partial charge on any atom is 0.316 e. The first-order valence-electron chi connectivity index (χ1n) is 6.79. The highest BCUT2D eigenvalue weighted by atomic mass is 32.2. The number of hydrogen-bond acceptors (Lipinski definition) is 6. The van der Waals surface area contributed by atoms with Crippen LogP contribution in [-0.2, 0) is 15.8 Å². The van der Waals surface area contributed by atoms with Crippen molar-refractivity contribution in [3.05, 3.63) is 52.8 Å². The van der Waals surface area contributed by atoms with Crippen LogP contribution in [0.2, 0.25) is 0 Å². The van der Waals surface area contributed by atoms with Gasteiger partial charge in [0, 0.05) is 6.20 Å². The molecule has 0 aliphatic rings. The summed E-state index contributed by atoms with van der Waals surface area (Å²) in [5.41, 5.74) is 2.30. The Kier molecular flexibility index (Phi) is 4.95. The Morgan fingerprint density at radius 2 is 1.87 bits per heavy atom. The average molecular weight is 335 g/mol. The molecule has 8 heteroatoms. The molecule has 1 aromatic carbocycles. The molecule has 0 bridgehead atoms. The zero-order valence-corrected chi connectivity index (χ0v) is 13.8. The van der Waals surface area contributed by atoms with E-state index in [1.165, 1.54) is 19.4 Å². The Morgan fingerprint density at radius 1 is 1.22 bits per heavy atom. The van der Waals surface area contributed by atoms with Crippen LogP contribution >= 0.6 is 0 Å². The molecule has 0 unspecified atom stereocenters. The SMILES string of the molecule is COc1nccc(C(=O)NS(=O)(=O)Cc2c(C)cccc2C)n1. The van der Waals surface area contributed by atoms with Crippen molar-refractivity contribution in [3.8, 4) is 6.01 Å². The summed E-state index contributed by atoms with van der Waals surface area (Å²) in [5.74, 6) is -1.10. The van der Waals surface area contributed by atoms with E-state index >= 15 is 0 Å². The number of benzene rings is 1. The van der Waals surface area contributed by atoms with Crippen LogP contribution < -0.4 is 9.46 Å². The van der Waals surface area contributed by atoms with Crippen LogP contribution in [0.4, 0.5) is 0 Å². The monoisotopic (exact) mass is 335 g/mol. The fraction of sp³-hybridized carbons (Fsp3) is 0.267. The quantitative estimate of drug-likeness (QED) is 0.886. The molecule has 0 atom stereocenters. The summed E-state index contributed by atoms with van der Waals surface area (Å²) in [6.07, 6.45) is 1.32. The van der Waals surface area contributed by atoms with Crippen molar-refractivity contribution in [2.45, 2.75) is 19.6 Å². The number of methoxy groups -OCH3 is 1. The molecule has 0 saturated carbocycles. The molecule has 0 radical (unpaired) electrons. The number of carbonyl (C=O) groups excluding carboxylic acids is 1. The zero-order valence-electron chi connectivity index (χ0n) is 13.0. The average Bonchev–Trinajstić information content (AvgIpc) is 2.51. The van der Waals surface area contributed by atoms with Crippen LogP contribution in [0.1, 0.15) is 27.2 Å². The maximum atomic E-state index is 12.2. The van der Waals surface area contributed by atoms with Gasteiger partial charge >= 0.3 is 6.01 Å². The highest BCUT2D eigenvalue weighted by molar-refractivity contribution is 7.89. The van der Waals surface area contributed by atoms with Gasteiger partial charge in [0.05, 0.1) is 12.9 Å². The van der Waals surface area contributed by atoms with Crippen molar-refractivity contribution >= 4 is 15.9 Å². The van der Waals surface area contributed by atoms with Gasteiger partial charge in [-0.1, -0.05) is 18.2 Å². The molecule has 2 aromatic rings. The van der Waals surface area contributed by atoms with E-state index in [0.717, 1.165) is 11.1 Å². The van der Waals surface area contributed by atoms with Crippen molar-refractivity contribution in [2.24, 2.45) is 0 Å². The van der Waals surface area contributed by atoms with E-state index in [1.807, 2.05) is 36.8 Å². The largest absolute Gasteiger partial charge is 0.467 e. The van der Waals surface area contributed by atoms with Crippen LogP contribution in [0.15, 0.2) is 30.5 Å². The lowest BCUT2D eigenvalue weighted by atomic mass is 10.1. The lowest BCUT2D eigenvalue weighted by Crippen LogP contribution is -2.32. The number of ether oxygens (including phenoxy) is 1. The summed E-state index contributed by atoms with van der Waals surface area (Å²) in [4.78, 5) is 19.6. The van der Waals surface area contributed by atoms with Crippen LogP contribution in [0.25, 0.3) is 0 Å². The summed E-state index contributed by atoms with van der Waals surface area (Å²) in [7, 11) is -2.49. The molecule has 0 saturated heterocycles.